The van der Waals surface area contributed by atoms with Gasteiger partial charge in [-0.2, -0.15) is 5.10 Å². The number of nitrogens with two attached hydrogens (primary N) is 1. The summed E-state index contributed by atoms with van der Waals surface area (Å²) in [5.74, 6) is 0.719. The van der Waals surface area contributed by atoms with Gasteiger partial charge >= 0.3 is 0 Å². The average Bonchev–Trinajstić information content (AvgIpc) is 2.77. The van der Waals surface area contributed by atoms with Crippen molar-refractivity contribution in [1.29, 1.82) is 0 Å². The topological polar surface area (TPSA) is 53.1 Å². The first-order valence-electron chi connectivity index (χ1n) is 6.62. The molecule has 0 aliphatic carbocycles. The van der Waals surface area contributed by atoms with Crippen molar-refractivity contribution in [1.82, 2.24) is 9.78 Å². The first kappa shape index (κ1) is 12.6. The molecule has 1 aromatic rings. The Morgan fingerprint density at radius 3 is 3.00 bits per heavy atom. The molecule has 1 saturated heterocycles. The van der Waals surface area contributed by atoms with Gasteiger partial charge in [-0.15, -0.1) is 0 Å². The first-order valence-corrected chi connectivity index (χ1v) is 6.62. The van der Waals surface area contributed by atoms with E-state index in [-0.39, 0.29) is 6.04 Å². The molecule has 4 nitrogen and oxygen atoms in total. The fourth-order valence-corrected chi connectivity index (χ4v) is 2.25. The fourth-order valence-electron chi connectivity index (χ4n) is 2.25. The second-order valence-corrected chi connectivity index (χ2v) is 5.00. The molecule has 2 rings (SSSR count). The molecule has 2 N–H and O–H groups in total. The van der Waals surface area contributed by atoms with Gasteiger partial charge in [0.15, 0.2) is 0 Å². The molecular weight excluding hydrogens is 214 g/mol. The normalized spacial score (nSPS) is 19.4. The first-order chi connectivity index (χ1) is 8.28. The summed E-state index contributed by atoms with van der Waals surface area (Å²) in [6, 6.07) is 0.260. The average molecular weight is 237 g/mol. The van der Waals surface area contributed by atoms with E-state index >= 15 is 0 Å². The summed E-state index contributed by atoms with van der Waals surface area (Å²) >= 11 is 0. The van der Waals surface area contributed by atoms with Gasteiger partial charge in [0, 0.05) is 32.0 Å². The third kappa shape index (κ3) is 3.82. The molecule has 4 heteroatoms. The Kier molecular flexibility index (Phi) is 4.57. The van der Waals surface area contributed by atoms with Crippen LogP contribution in [0.15, 0.2) is 12.4 Å². The minimum absolute atomic E-state index is 0.260. The number of hydrogen-bond acceptors (Lipinski definition) is 3. The Morgan fingerprint density at radius 2 is 2.29 bits per heavy atom. The quantitative estimate of drug-likeness (QED) is 0.846. The molecule has 0 amide bonds. The van der Waals surface area contributed by atoms with Gasteiger partial charge < -0.3 is 10.5 Å². The van der Waals surface area contributed by atoms with Crippen molar-refractivity contribution < 1.29 is 4.74 Å². The molecule has 0 bridgehead atoms. The highest BCUT2D eigenvalue weighted by Crippen LogP contribution is 2.16. The number of aromatic nitrogens is 2. The highest BCUT2D eigenvalue weighted by molar-refractivity contribution is 5.05. The van der Waals surface area contributed by atoms with Crippen molar-refractivity contribution in [2.45, 2.75) is 45.2 Å². The molecule has 1 aromatic heterocycles. The molecule has 0 saturated carbocycles. The van der Waals surface area contributed by atoms with Crippen LogP contribution in [0.3, 0.4) is 0 Å². The smallest absolute Gasteiger partial charge is 0.0522 e. The van der Waals surface area contributed by atoms with Crippen LogP contribution in [-0.4, -0.2) is 29.0 Å². The molecule has 0 aromatic carbocycles. The Hall–Kier alpha value is -0.870. The Balaban J connectivity index is 1.84. The summed E-state index contributed by atoms with van der Waals surface area (Å²) in [4.78, 5) is 0. The van der Waals surface area contributed by atoms with Crippen LogP contribution in [0.2, 0.25) is 0 Å². The van der Waals surface area contributed by atoms with Crippen LogP contribution in [0.1, 0.15) is 31.7 Å². The van der Waals surface area contributed by atoms with E-state index in [0.717, 1.165) is 51.4 Å². The number of nitrogens with zero attached hydrogens (tertiary/aromatic N) is 2. The van der Waals surface area contributed by atoms with Crippen molar-refractivity contribution in [2.24, 2.45) is 11.7 Å². The monoisotopic (exact) mass is 237 g/mol. The highest BCUT2D eigenvalue weighted by Gasteiger charge is 2.14. The van der Waals surface area contributed by atoms with Gasteiger partial charge in [-0.25, -0.2) is 0 Å². The van der Waals surface area contributed by atoms with E-state index in [1.165, 1.54) is 5.56 Å². The lowest BCUT2D eigenvalue weighted by molar-refractivity contribution is 0.0601. The van der Waals surface area contributed by atoms with Crippen LogP contribution in [0.5, 0.6) is 0 Å². The van der Waals surface area contributed by atoms with Crippen LogP contribution in [0.25, 0.3) is 0 Å². The summed E-state index contributed by atoms with van der Waals surface area (Å²) in [7, 11) is 0. The molecule has 1 atom stereocenters. The second-order valence-electron chi connectivity index (χ2n) is 5.00. The van der Waals surface area contributed by atoms with Gasteiger partial charge in [-0.05, 0) is 37.2 Å². The molecule has 1 unspecified atom stereocenters. The van der Waals surface area contributed by atoms with Crippen molar-refractivity contribution in [2.75, 3.05) is 13.2 Å². The van der Waals surface area contributed by atoms with E-state index < -0.39 is 0 Å². The molecule has 17 heavy (non-hydrogen) atoms. The molecule has 1 aliphatic heterocycles. The molecule has 1 fully saturated rings. The lowest BCUT2D eigenvalue weighted by Gasteiger charge is -2.21. The summed E-state index contributed by atoms with van der Waals surface area (Å²) in [5, 5.41) is 4.42. The summed E-state index contributed by atoms with van der Waals surface area (Å²) in [6.45, 7) is 4.95. The van der Waals surface area contributed by atoms with E-state index in [2.05, 4.69) is 22.9 Å². The van der Waals surface area contributed by atoms with Gasteiger partial charge in [0.25, 0.3) is 0 Å². The number of rotatable bonds is 5. The van der Waals surface area contributed by atoms with Gasteiger partial charge in [-0.3, -0.25) is 4.68 Å². The zero-order valence-electron chi connectivity index (χ0n) is 10.6. The minimum atomic E-state index is 0.260. The van der Waals surface area contributed by atoms with E-state index in [0.29, 0.717) is 0 Å². The maximum absolute atomic E-state index is 5.94. The van der Waals surface area contributed by atoms with Gasteiger partial charge in [0.05, 0.1) is 6.20 Å². The van der Waals surface area contributed by atoms with E-state index in [1.54, 1.807) is 0 Å². The Labute approximate surface area is 103 Å². The predicted molar refractivity (Wildman–Crippen MR) is 67.7 cm³/mol. The molecule has 0 radical (unpaired) electrons. The molecule has 2 heterocycles. The minimum Gasteiger partial charge on any atom is -0.381 e. The highest BCUT2D eigenvalue weighted by atomic mass is 16.5. The maximum Gasteiger partial charge on any atom is 0.0522 e. The lowest BCUT2D eigenvalue weighted by atomic mass is 10.0. The van der Waals surface area contributed by atoms with Crippen molar-refractivity contribution in [3.05, 3.63) is 18.0 Å². The van der Waals surface area contributed by atoms with Crippen LogP contribution >= 0.6 is 0 Å². The fraction of sp³-hybridized carbons (Fsp3) is 0.769. The van der Waals surface area contributed by atoms with E-state index in [9.17, 15) is 0 Å². The van der Waals surface area contributed by atoms with Gasteiger partial charge in [0.2, 0.25) is 0 Å². The van der Waals surface area contributed by atoms with Gasteiger partial charge in [-0.1, -0.05) is 6.92 Å². The van der Waals surface area contributed by atoms with Crippen molar-refractivity contribution in [3.63, 3.8) is 0 Å². The van der Waals surface area contributed by atoms with Crippen molar-refractivity contribution in [3.8, 4) is 0 Å². The van der Waals surface area contributed by atoms with Crippen LogP contribution in [0, 0.1) is 5.92 Å². The number of ether oxygens (including phenoxy) is 1. The molecule has 1 aliphatic rings. The standard InChI is InChI=1S/C13H23N3O/c1-2-13(14)7-12-8-15-16(10-12)9-11-3-5-17-6-4-11/h8,10-11,13H,2-7,9,14H2,1H3. The maximum atomic E-state index is 5.94. The third-order valence-corrected chi connectivity index (χ3v) is 3.50. The van der Waals surface area contributed by atoms with Crippen LogP contribution < -0.4 is 5.73 Å². The van der Waals surface area contributed by atoms with Crippen molar-refractivity contribution >= 4 is 0 Å². The summed E-state index contributed by atoms with van der Waals surface area (Å²) in [6.07, 6.45) is 8.36. The summed E-state index contributed by atoms with van der Waals surface area (Å²) in [5.41, 5.74) is 7.20. The molecule has 96 valence electrons. The Morgan fingerprint density at radius 1 is 1.53 bits per heavy atom. The third-order valence-electron chi connectivity index (χ3n) is 3.50. The molecular formula is C13H23N3O. The second kappa shape index (κ2) is 6.17. The van der Waals surface area contributed by atoms with Gasteiger partial charge in [0.1, 0.15) is 0 Å². The zero-order chi connectivity index (χ0) is 12.1. The predicted octanol–water partition coefficient (Wildman–Crippen LogP) is 1.59. The lowest BCUT2D eigenvalue weighted by Crippen LogP contribution is -2.21. The number of hydrogen-bond donors (Lipinski definition) is 1. The SMILES string of the molecule is CCC(N)Cc1cnn(CC2CCOCC2)c1. The van der Waals surface area contributed by atoms with E-state index in [1.807, 2.05) is 6.20 Å². The largest absolute Gasteiger partial charge is 0.381 e. The van der Waals surface area contributed by atoms with E-state index in [4.69, 9.17) is 10.5 Å². The zero-order valence-corrected chi connectivity index (χ0v) is 10.6. The molecule has 0 spiro atoms. The Bertz CT molecular complexity index is 331. The van der Waals surface area contributed by atoms with Crippen LogP contribution in [-0.2, 0) is 17.7 Å². The van der Waals surface area contributed by atoms with Crippen LogP contribution in [0.4, 0.5) is 0 Å². The summed E-state index contributed by atoms with van der Waals surface area (Å²) < 4.78 is 7.43.